The number of amides is 1. The van der Waals surface area contributed by atoms with Crippen molar-refractivity contribution in [1.82, 2.24) is 9.55 Å². The lowest BCUT2D eigenvalue weighted by atomic mass is 9.92. The van der Waals surface area contributed by atoms with Crippen molar-refractivity contribution in [3.63, 3.8) is 0 Å². The van der Waals surface area contributed by atoms with E-state index in [1.54, 1.807) is 24.5 Å². The molecule has 6 heteroatoms. The second-order valence-electron chi connectivity index (χ2n) is 10.2. The number of carbonyl (C=O) groups is 1. The summed E-state index contributed by atoms with van der Waals surface area (Å²) in [6, 6.07) is 24.8. The lowest BCUT2D eigenvalue weighted by Gasteiger charge is -2.17. The summed E-state index contributed by atoms with van der Waals surface area (Å²) in [4.78, 5) is 29.1. The molecule has 0 aliphatic rings. The average Bonchev–Trinajstić information content (AvgIpc) is 3.27. The third-order valence-electron chi connectivity index (χ3n) is 7.39. The van der Waals surface area contributed by atoms with E-state index in [0.717, 1.165) is 49.6 Å². The quantitative estimate of drug-likeness (QED) is 0.279. The van der Waals surface area contributed by atoms with Gasteiger partial charge in [0.1, 0.15) is 0 Å². The third-order valence-corrected chi connectivity index (χ3v) is 7.39. The second kappa shape index (κ2) is 8.43. The van der Waals surface area contributed by atoms with Crippen LogP contribution in [-0.2, 0) is 5.60 Å². The van der Waals surface area contributed by atoms with Crippen LogP contribution in [0, 0.1) is 6.92 Å². The van der Waals surface area contributed by atoms with Gasteiger partial charge in [0.05, 0.1) is 22.4 Å². The van der Waals surface area contributed by atoms with Crippen LogP contribution in [0.25, 0.3) is 49.4 Å². The molecule has 0 atom stereocenters. The second-order valence-corrected chi connectivity index (χ2v) is 10.2. The number of rotatable bonds is 4. The van der Waals surface area contributed by atoms with Gasteiger partial charge in [0.25, 0.3) is 11.5 Å². The van der Waals surface area contributed by atoms with Gasteiger partial charge < -0.3 is 15.8 Å². The van der Waals surface area contributed by atoms with Gasteiger partial charge in [-0.2, -0.15) is 0 Å². The highest BCUT2D eigenvalue weighted by Gasteiger charge is 2.21. The molecule has 0 saturated heterocycles. The molecule has 1 amide bonds. The molecule has 0 bridgehead atoms. The molecule has 188 valence electrons. The van der Waals surface area contributed by atoms with Gasteiger partial charge >= 0.3 is 0 Å². The Balaban J connectivity index is 1.63. The van der Waals surface area contributed by atoms with Crippen LogP contribution in [-0.4, -0.2) is 20.6 Å². The monoisotopic (exact) mass is 501 g/mol. The summed E-state index contributed by atoms with van der Waals surface area (Å²) in [5.74, 6) is -0.524. The number of hydrogen-bond acceptors (Lipinski definition) is 3. The number of nitrogens with one attached hydrogen (secondary N) is 1. The number of fused-ring (bicyclic) bond motifs is 4. The minimum atomic E-state index is -1.02. The number of pyridine rings is 1. The summed E-state index contributed by atoms with van der Waals surface area (Å²) in [7, 11) is 0. The predicted molar refractivity (Wildman–Crippen MR) is 153 cm³/mol. The van der Waals surface area contributed by atoms with Crippen molar-refractivity contribution in [3.8, 4) is 16.8 Å². The molecule has 6 aromatic rings. The maximum atomic E-state index is 13.4. The van der Waals surface area contributed by atoms with Gasteiger partial charge in [-0.25, -0.2) is 0 Å². The van der Waals surface area contributed by atoms with Crippen molar-refractivity contribution in [2.45, 2.75) is 26.4 Å². The van der Waals surface area contributed by atoms with Crippen LogP contribution in [0.15, 0.2) is 89.9 Å². The van der Waals surface area contributed by atoms with E-state index in [2.05, 4.69) is 4.98 Å². The molecule has 6 nitrogen and oxygen atoms in total. The maximum Gasteiger partial charge on any atom is 0.262 e. The fraction of sp³-hybridized carbons (Fsp3) is 0.125. The van der Waals surface area contributed by atoms with Crippen LogP contribution < -0.4 is 11.3 Å². The first-order valence-corrected chi connectivity index (χ1v) is 12.5. The maximum absolute atomic E-state index is 13.4. The SMILES string of the molecule is Cc1c(-c2ccc(C(N)=O)c3[nH]c4cc(C(C)(C)O)ccc4c23)cccc1-n1ccc2ccccc2c1=O. The number of nitrogens with zero attached hydrogens (tertiary/aromatic N) is 1. The van der Waals surface area contributed by atoms with Gasteiger partial charge in [-0.1, -0.05) is 48.5 Å². The number of aliphatic hydroxyl groups is 1. The molecule has 0 saturated carbocycles. The Morgan fingerprint density at radius 3 is 2.47 bits per heavy atom. The molecule has 4 N–H and O–H groups in total. The summed E-state index contributed by atoms with van der Waals surface area (Å²) in [6.07, 6.45) is 1.81. The van der Waals surface area contributed by atoms with Gasteiger partial charge in [-0.05, 0) is 78.7 Å². The number of hydrogen-bond donors (Lipinski definition) is 3. The molecular formula is C32H27N3O3. The van der Waals surface area contributed by atoms with Gasteiger partial charge in [-0.15, -0.1) is 0 Å². The average molecular weight is 502 g/mol. The minimum Gasteiger partial charge on any atom is -0.386 e. The predicted octanol–water partition coefficient (Wildman–Crippen LogP) is 5.93. The van der Waals surface area contributed by atoms with Crippen LogP contribution in [0.3, 0.4) is 0 Å². The normalized spacial score (nSPS) is 12.0. The zero-order valence-corrected chi connectivity index (χ0v) is 21.4. The van der Waals surface area contributed by atoms with Crippen molar-refractivity contribution >= 4 is 38.5 Å². The van der Waals surface area contributed by atoms with Crippen molar-refractivity contribution in [1.29, 1.82) is 0 Å². The summed E-state index contributed by atoms with van der Waals surface area (Å²) in [6.45, 7) is 5.47. The molecule has 0 aliphatic heterocycles. The lowest BCUT2D eigenvalue weighted by Crippen LogP contribution is -2.18. The molecule has 0 unspecified atom stereocenters. The first kappa shape index (κ1) is 23.7. The number of H-pyrrole nitrogens is 1. The number of aromatic nitrogens is 2. The number of carbonyl (C=O) groups excluding carboxylic acids is 1. The van der Waals surface area contributed by atoms with Crippen molar-refractivity contribution in [2.24, 2.45) is 5.73 Å². The third kappa shape index (κ3) is 3.61. The number of benzene rings is 4. The van der Waals surface area contributed by atoms with E-state index in [-0.39, 0.29) is 5.56 Å². The fourth-order valence-electron chi connectivity index (χ4n) is 5.38. The highest BCUT2D eigenvalue weighted by molar-refractivity contribution is 6.20. The molecule has 6 rings (SSSR count). The van der Waals surface area contributed by atoms with E-state index in [9.17, 15) is 14.7 Å². The molecule has 0 spiro atoms. The Morgan fingerprint density at radius 1 is 0.921 bits per heavy atom. The first-order valence-electron chi connectivity index (χ1n) is 12.5. The summed E-state index contributed by atoms with van der Waals surface area (Å²) in [5.41, 5.74) is 10.8. The Hall–Kier alpha value is -4.68. The Bertz CT molecular complexity index is 1970. The van der Waals surface area contributed by atoms with Gasteiger partial charge in [0, 0.05) is 27.9 Å². The van der Waals surface area contributed by atoms with Crippen LogP contribution >= 0.6 is 0 Å². The molecule has 38 heavy (non-hydrogen) atoms. The lowest BCUT2D eigenvalue weighted by molar-refractivity contribution is 0.0787. The summed E-state index contributed by atoms with van der Waals surface area (Å²) in [5, 5.41) is 13.9. The number of primary amides is 1. The molecule has 0 fully saturated rings. The Kier molecular flexibility index (Phi) is 5.26. The molecule has 0 aliphatic carbocycles. The van der Waals surface area contributed by atoms with Gasteiger partial charge in [0.15, 0.2) is 0 Å². The zero-order valence-electron chi connectivity index (χ0n) is 21.4. The topological polar surface area (TPSA) is 101 Å². The zero-order chi connectivity index (χ0) is 26.8. The van der Waals surface area contributed by atoms with E-state index in [0.29, 0.717) is 16.5 Å². The highest BCUT2D eigenvalue weighted by Crippen LogP contribution is 2.39. The molecular weight excluding hydrogens is 474 g/mol. The molecule has 0 radical (unpaired) electrons. The molecule has 2 aromatic heterocycles. The van der Waals surface area contributed by atoms with E-state index in [4.69, 9.17) is 5.73 Å². The van der Waals surface area contributed by atoms with Crippen molar-refractivity contribution < 1.29 is 9.90 Å². The number of aromatic amines is 1. The standard InChI is InChI=1S/C32H27N3O3/c1-18-21(9-6-10-27(18)35-16-15-19-7-4-5-8-22(19)31(35)37)23-13-14-25(30(33)36)29-28(23)24-12-11-20(32(2,3)38)17-26(24)34-29/h4-17,34,38H,1-3H3,(H2,33,36). The van der Waals surface area contributed by atoms with E-state index in [1.165, 1.54) is 0 Å². The van der Waals surface area contributed by atoms with Crippen LogP contribution in [0.4, 0.5) is 0 Å². The largest absolute Gasteiger partial charge is 0.386 e. The molecule has 2 heterocycles. The van der Waals surface area contributed by atoms with Crippen LogP contribution in [0.5, 0.6) is 0 Å². The molecule has 4 aromatic carbocycles. The van der Waals surface area contributed by atoms with Gasteiger partial charge in [0.2, 0.25) is 0 Å². The van der Waals surface area contributed by atoms with E-state index in [1.807, 2.05) is 85.9 Å². The first-order chi connectivity index (χ1) is 18.1. The van der Waals surface area contributed by atoms with Crippen molar-refractivity contribution in [3.05, 3.63) is 112 Å². The Morgan fingerprint density at radius 2 is 1.71 bits per heavy atom. The van der Waals surface area contributed by atoms with E-state index < -0.39 is 11.5 Å². The number of nitrogens with two attached hydrogens (primary N) is 1. The van der Waals surface area contributed by atoms with Crippen molar-refractivity contribution in [2.75, 3.05) is 0 Å². The van der Waals surface area contributed by atoms with E-state index >= 15 is 0 Å². The smallest absolute Gasteiger partial charge is 0.262 e. The Labute approximate surface area is 219 Å². The van der Waals surface area contributed by atoms with Crippen LogP contribution in [0.2, 0.25) is 0 Å². The fourth-order valence-corrected chi connectivity index (χ4v) is 5.38. The van der Waals surface area contributed by atoms with Gasteiger partial charge in [-0.3, -0.25) is 14.2 Å². The minimum absolute atomic E-state index is 0.0798. The summed E-state index contributed by atoms with van der Waals surface area (Å²) < 4.78 is 1.68. The summed E-state index contributed by atoms with van der Waals surface area (Å²) >= 11 is 0. The van der Waals surface area contributed by atoms with Crippen LogP contribution in [0.1, 0.15) is 35.3 Å². The highest BCUT2D eigenvalue weighted by atomic mass is 16.3.